The molecule has 2 rings (SSSR count). The Labute approximate surface area is 91.1 Å². The second kappa shape index (κ2) is 3.73. The lowest BCUT2D eigenvalue weighted by Crippen LogP contribution is -1.88. The van der Waals surface area contributed by atoms with Crippen molar-refractivity contribution in [3.05, 3.63) is 40.1 Å². The molecule has 14 heavy (non-hydrogen) atoms. The van der Waals surface area contributed by atoms with Crippen LogP contribution in [-0.4, -0.2) is 10.1 Å². The van der Waals surface area contributed by atoms with Gasteiger partial charge in [-0.25, -0.2) is 0 Å². The molecule has 0 spiro atoms. The van der Waals surface area contributed by atoms with Gasteiger partial charge >= 0.3 is 0 Å². The highest BCUT2D eigenvalue weighted by Crippen LogP contribution is 2.27. The van der Waals surface area contributed by atoms with E-state index in [9.17, 15) is 0 Å². The number of halogens is 2. The number of nitrogens with zero attached hydrogens (tertiary/aromatic N) is 1. The summed E-state index contributed by atoms with van der Waals surface area (Å²) < 4.78 is 0. The van der Waals surface area contributed by atoms with E-state index in [1.807, 2.05) is 0 Å². The molecule has 0 aliphatic rings. The SMILES string of the molecule is OCc1cc2cc(Cl)cc(Cl)c2cn1. The van der Waals surface area contributed by atoms with E-state index in [0.717, 1.165) is 10.8 Å². The Morgan fingerprint density at radius 2 is 2.00 bits per heavy atom. The van der Waals surface area contributed by atoms with Crippen molar-refractivity contribution >= 4 is 34.0 Å². The number of fused-ring (bicyclic) bond motifs is 1. The molecule has 1 N–H and O–H groups in total. The van der Waals surface area contributed by atoms with Crippen molar-refractivity contribution < 1.29 is 5.11 Å². The summed E-state index contributed by atoms with van der Waals surface area (Å²) in [6, 6.07) is 5.24. The van der Waals surface area contributed by atoms with Crippen LogP contribution in [0.15, 0.2) is 24.4 Å². The van der Waals surface area contributed by atoms with Crippen molar-refractivity contribution in [2.45, 2.75) is 6.61 Å². The number of aromatic nitrogens is 1. The number of aliphatic hydroxyl groups excluding tert-OH is 1. The van der Waals surface area contributed by atoms with Crippen molar-refractivity contribution in [3.63, 3.8) is 0 Å². The lowest BCUT2D eigenvalue weighted by Gasteiger charge is -2.02. The molecule has 72 valence electrons. The van der Waals surface area contributed by atoms with E-state index >= 15 is 0 Å². The topological polar surface area (TPSA) is 33.1 Å². The first-order valence-corrected chi connectivity index (χ1v) is 4.81. The summed E-state index contributed by atoms with van der Waals surface area (Å²) in [6.07, 6.45) is 1.64. The summed E-state index contributed by atoms with van der Waals surface area (Å²) in [5.41, 5.74) is 0.607. The molecule has 2 nitrogen and oxygen atoms in total. The third-order valence-corrected chi connectivity index (χ3v) is 2.50. The Morgan fingerprint density at radius 3 is 2.71 bits per heavy atom. The fourth-order valence-electron chi connectivity index (χ4n) is 1.31. The highest BCUT2D eigenvalue weighted by atomic mass is 35.5. The van der Waals surface area contributed by atoms with Crippen LogP contribution in [0.4, 0.5) is 0 Å². The minimum Gasteiger partial charge on any atom is -0.390 e. The Bertz CT molecular complexity index is 485. The molecule has 1 aromatic carbocycles. The van der Waals surface area contributed by atoms with Crippen LogP contribution in [0.3, 0.4) is 0 Å². The van der Waals surface area contributed by atoms with Crippen LogP contribution in [-0.2, 0) is 6.61 Å². The molecular weight excluding hydrogens is 221 g/mol. The zero-order valence-electron chi connectivity index (χ0n) is 7.17. The minimum absolute atomic E-state index is 0.0833. The number of pyridine rings is 1. The van der Waals surface area contributed by atoms with E-state index in [1.54, 1.807) is 24.4 Å². The van der Waals surface area contributed by atoms with Gasteiger partial charge in [-0.15, -0.1) is 0 Å². The molecule has 0 saturated heterocycles. The zero-order valence-corrected chi connectivity index (χ0v) is 8.68. The first-order chi connectivity index (χ1) is 6.70. The van der Waals surface area contributed by atoms with Gasteiger partial charge in [0, 0.05) is 16.6 Å². The largest absolute Gasteiger partial charge is 0.390 e. The zero-order chi connectivity index (χ0) is 10.1. The van der Waals surface area contributed by atoms with Crippen molar-refractivity contribution in [2.24, 2.45) is 0 Å². The first kappa shape index (κ1) is 9.71. The van der Waals surface area contributed by atoms with Gasteiger partial charge in [-0.2, -0.15) is 0 Å². The molecular formula is C10H7Cl2NO. The predicted octanol–water partition coefficient (Wildman–Crippen LogP) is 3.03. The van der Waals surface area contributed by atoms with Crippen LogP contribution in [0.5, 0.6) is 0 Å². The van der Waals surface area contributed by atoms with Gasteiger partial charge in [0.15, 0.2) is 0 Å². The van der Waals surface area contributed by atoms with Crippen molar-refractivity contribution in [2.75, 3.05) is 0 Å². The molecule has 0 aliphatic heterocycles. The normalized spacial score (nSPS) is 10.8. The van der Waals surface area contributed by atoms with Crippen LogP contribution in [0.1, 0.15) is 5.69 Å². The molecule has 0 aliphatic carbocycles. The molecule has 2 aromatic rings. The van der Waals surface area contributed by atoms with E-state index in [4.69, 9.17) is 28.3 Å². The van der Waals surface area contributed by atoms with E-state index in [1.165, 1.54) is 0 Å². The third kappa shape index (κ3) is 1.69. The number of benzene rings is 1. The number of rotatable bonds is 1. The average Bonchev–Trinajstić information content (AvgIpc) is 2.16. The monoisotopic (exact) mass is 227 g/mol. The summed E-state index contributed by atoms with van der Waals surface area (Å²) in [5, 5.41) is 11.8. The third-order valence-electron chi connectivity index (χ3n) is 1.97. The Kier molecular flexibility index (Phi) is 2.59. The highest BCUT2D eigenvalue weighted by Gasteiger charge is 2.02. The summed E-state index contributed by atoms with van der Waals surface area (Å²) in [6.45, 7) is -0.0833. The molecule has 0 fully saturated rings. The maximum Gasteiger partial charge on any atom is 0.0853 e. The van der Waals surface area contributed by atoms with Gasteiger partial charge in [0.25, 0.3) is 0 Å². The Morgan fingerprint density at radius 1 is 1.21 bits per heavy atom. The lowest BCUT2D eigenvalue weighted by molar-refractivity contribution is 0.277. The van der Waals surface area contributed by atoms with Gasteiger partial charge in [-0.05, 0) is 23.6 Å². The van der Waals surface area contributed by atoms with Crippen LogP contribution in [0.2, 0.25) is 10.0 Å². The first-order valence-electron chi connectivity index (χ1n) is 4.05. The predicted molar refractivity (Wildman–Crippen MR) is 57.7 cm³/mol. The van der Waals surface area contributed by atoms with Crippen molar-refractivity contribution in [1.82, 2.24) is 4.98 Å². The highest BCUT2D eigenvalue weighted by molar-refractivity contribution is 6.38. The van der Waals surface area contributed by atoms with E-state index in [2.05, 4.69) is 4.98 Å². The van der Waals surface area contributed by atoms with Gasteiger partial charge in [-0.1, -0.05) is 23.2 Å². The van der Waals surface area contributed by atoms with E-state index in [0.29, 0.717) is 15.7 Å². The minimum atomic E-state index is -0.0833. The van der Waals surface area contributed by atoms with Gasteiger partial charge in [0.2, 0.25) is 0 Å². The summed E-state index contributed by atoms with van der Waals surface area (Å²) in [7, 11) is 0. The van der Waals surface area contributed by atoms with Crippen LogP contribution in [0.25, 0.3) is 10.8 Å². The van der Waals surface area contributed by atoms with Crippen LogP contribution < -0.4 is 0 Å². The molecule has 1 aromatic heterocycles. The molecule has 0 unspecified atom stereocenters. The number of aliphatic hydroxyl groups is 1. The summed E-state index contributed by atoms with van der Waals surface area (Å²) >= 11 is 11.8. The number of hydrogen-bond donors (Lipinski definition) is 1. The Balaban J connectivity index is 2.75. The smallest absolute Gasteiger partial charge is 0.0853 e. The molecule has 0 atom stereocenters. The second-order valence-corrected chi connectivity index (χ2v) is 3.79. The average molecular weight is 228 g/mol. The van der Waals surface area contributed by atoms with Gasteiger partial charge in [-0.3, -0.25) is 4.98 Å². The van der Waals surface area contributed by atoms with Gasteiger partial charge in [0.05, 0.1) is 17.3 Å². The maximum absolute atomic E-state index is 8.91. The van der Waals surface area contributed by atoms with Gasteiger partial charge in [0.1, 0.15) is 0 Å². The number of hydrogen-bond acceptors (Lipinski definition) is 2. The lowest BCUT2D eigenvalue weighted by atomic mass is 10.1. The van der Waals surface area contributed by atoms with E-state index < -0.39 is 0 Å². The fourth-order valence-corrected chi connectivity index (χ4v) is 1.87. The fraction of sp³-hybridized carbons (Fsp3) is 0.100. The molecule has 4 heteroatoms. The summed E-state index contributed by atoms with van der Waals surface area (Å²) in [4.78, 5) is 4.04. The summed E-state index contributed by atoms with van der Waals surface area (Å²) in [5.74, 6) is 0. The standard InChI is InChI=1S/C10H7Cl2NO/c11-7-1-6-2-8(5-14)13-4-9(6)10(12)3-7/h1-4,14H,5H2. The van der Waals surface area contributed by atoms with E-state index in [-0.39, 0.29) is 6.61 Å². The molecule has 0 saturated carbocycles. The quantitative estimate of drug-likeness (QED) is 0.813. The Hall–Kier alpha value is -0.830. The second-order valence-electron chi connectivity index (χ2n) is 2.94. The maximum atomic E-state index is 8.91. The van der Waals surface area contributed by atoms with Crippen LogP contribution in [0, 0.1) is 0 Å². The molecule has 0 amide bonds. The molecule has 0 radical (unpaired) electrons. The van der Waals surface area contributed by atoms with Crippen molar-refractivity contribution in [1.29, 1.82) is 0 Å². The van der Waals surface area contributed by atoms with Gasteiger partial charge < -0.3 is 5.11 Å². The van der Waals surface area contributed by atoms with Crippen molar-refractivity contribution in [3.8, 4) is 0 Å². The van der Waals surface area contributed by atoms with Crippen LogP contribution >= 0.6 is 23.2 Å². The molecule has 1 heterocycles. The molecule has 0 bridgehead atoms.